The topological polar surface area (TPSA) is 21.3 Å². The lowest BCUT2D eigenvalue weighted by atomic mass is 10.2. The lowest BCUT2D eigenvalue weighted by Gasteiger charge is -2.15. The fraction of sp³-hybridized carbons (Fsp3) is 0.500. The van der Waals surface area contributed by atoms with Gasteiger partial charge in [0.1, 0.15) is 0 Å². The summed E-state index contributed by atoms with van der Waals surface area (Å²) in [6.45, 7) is 3.87. The molecule has 1 unspecified atom stereocenters. The Hall–Kier alpha value is -0.860. The Bertz CT molecular complexity index is 235. The average molecular weight is 193 g/mol. The maximum absolute atomic E-state index is 5.12. The van der Waals surface area contributed by atoms with Gasteiger partial charge in [0, 0.05) is 19.7 Å². The fourth-order valence-corrected chi connectivity index (χ4v) is 1.38. The van der Waals surface area contributed by atoms with Crippen LogP contribution in [0.2, 0.25) is 0 Å². The van der Waals surface area contributed by atoms with Gasteiger partial charge in [0.05, 0.1) is 6.61 Å². The Morgan fingerprint density at radius 2 is 2.00 bits per heavy atom. The molecule has 2 nitrogen and oxygen atoms in total. The van der Waals surface area contributed by atoms with Crippen molar-refractivity contribution in [2.24, 2.45) is 0 Å². The summed E-state index contributed by atoms with van der Waals surface area (Å²) in [7, 11) is 1.74. The van der Waals surface area contributed by atoms with Crippen LogP contribution >= 0.6 is 0 Å². The van der Waals surface area contributed by atoms with E-state index in [9.17, 15) is 0 Å². The van der Waals surface area contributed by atoms with Crippen LogP contribution in [-0.2, 0) is 11.3 Å². The van der Waals surface area contributed by atoms with E-state index in [1.165, 1.54) is 5.56 Å². The number of hydrogen-bond acceptors (Lipinski definition) is 2. The van der Waals surface area contributed by atoms with E-state index in [1.807, 2.05) is 6.07 Å². The molecular formula is C12H19NO. The third-order valence-electron chi connectivity index (χ3n) is 2.30. The van der Waals surface area contributed by atoms with Gasteiger partial charge in [-0.15, -0.1) is 0 Å². The van der Waals surface area contributed by atoms with Crippen molar-refractivity contribution in [3.05, 3.63) is 35.9 Å². The van der Waals surface area contributed by atoms with Gasteiger partial charge >= 0.3 is 0 Å². The second-order valence-corrected chi connectivity index (χ2v) is 3.43. The van der Waals surface area contributed by atoms with E-state index in [1.54, 1.807) is 7.11 Å². The molecule has 0 aliphatic rings. The molecule has 2 heteroatoms. The smallest absolute Gasteiger partial charge is 0.0615 e. The predicted molar refractivity (Wildman–Crippen MR) is 59.2 cm³/mol. The lowest BCUT2D eigenvalue weighted by molar-refractivity contribution is 0.164. The molecule has 1 atom stereocenters. The first-order valence-corrected chi connectivity index (χ1v) is 5.13. The quantitative estimate of drug-likeness (QED) is 0.748. The molecule has 78 valence electrons. The summed E-state index contributed by atoms with van der Waals surface area (Å²) in [5.41, 5.74) is 1.32. The monoisotopic (exact) mass is 193 g/mol. The highest BCUT2D eigenvalue weighted by molar-refractivity contribution is 5.14. The molecule has 0 aliphatic carbocycles. The number of hydrogen-bond donors (Lipinski definition) is 1. The first-order valence-electron chi connectivity index (χ1n) is 5.13. The third-order valence-corrected chi connectivity index (χ3v) is 2.30. The first kappa shape index (κ1) is 11.2. The van der Waals surface area contributed by atoms with Crippen LogP contribution in [0.4, 0.5) is 0 Å². The van der Waals surface area contributed by atoms with Gasteiger partial charge in [0.15, 0.2) is 0 Å². The van der Waals surface area contributed by atoms with Crippen molar-refractivity contribution in [2.75, 3.05) is 13.7 Å². The van der Waals surface area contributed by atoms with E-state index in [0.29, 0.717) is 6.04 Å². The van der Waals surface area contributed by atoms with Crippen molar-refractivity contribution in [2.45, 2.75) is 25.9 Å². The zero-order chi connectivity index (χ0) is 10.2. The van der Waals surface area contributed by atoms with Crippen molar-refractivity contribution in [3.63, 3.8) is 0 Å². The van der Waals surface area contributed by atoms with Gasteiger partial charge in [0.2, 0.25) is 0 Å². The van der Waals surface area contributed by atoms with Crippen molar-refractivity contribution in [1.82, 2.24) is 5.32 Å². The van der Waals surface area contributed by atoms with Crippen molar-refractivity contribution >= 4 is 0 Å². The summed E-state index contributed by atoms with van der Waals surface area (Å²) in [5, 5.41) is 3.46. The molecule has 1 aromatic carbocycles. The van der Waals surface area contributed by atoms with Crippen LogP contribution in [0.25, 0.3) is 0 Å². The molecule has 0 spiro atoms. The Balaban J connectivity index is 2.32. The van der Waals surface area contributed by atoms with Gasteiger partial charge < -0.3 is 10.1 Å². The van der Waals surface area contributed by atoms with Gasteiger partial charge in [-0.05, 0) is 12.0 Å². The van der Waals surface area contributed by atoms with Gasteiger partial charge in [-0.25, -0.2) is 0 Å². The minimum absolute atomic E-state index is 0.459. The normalized spacial score (nSPS) is 12.7. The number of methoxy groups -OCH3 is 1. The second kappa shape index (κ2) is 6.57. The van der Waals surface area contributed by atoms with E-state index in [4.69, 9.17) is 4.74 Å². The molecule has 0 saturated heterocycles. The lowest BCUT2D eigenvalue weighted by Crippen LogP contribution is -2.31. The average Bonchev–Trinajstić information content (AvgIpc) is 2.25. The number of benzene rings is 1. The van der Waals surface area contributed by atoms with E-state index in [-0.39, 0.29) is 0 Å². The number of nitrogens with one attached hydrogen (secondary N) is 1. The Kier molecular flexibility index (Phi) is 5.27. The molecule has 1 rings (SSSR count). The van der Waals surface area contributed by atoms with Crippen LogP contribution in [-0.4, -0.2) is 19.8 Å². The summed E-state index contributed by atoms with van der Waals surface area (Å²) in [5.74, 6) is 0. The molecule has 0 heterocycles. The molecular weight excluding hydrogens is 174 g/mol. The summed E-state index contributed by atoms with van der Waals surface area (Å²) in [4.78, 5) is 0. The summed E-state index contributed by atoms with van der Waals surface area (Å²) in [6, 6.07) is 10.9. The van der Waals surface area contributed by atoms with E-state index >= 15 is 0 Å². The fourth-order valence-electron chi connectivity index (χ4n) is 1.38. The number of rotatable bonds is 6. The molecule has 0 aliphatic heterocycles. The third kappa shape index (κ3) is 3.90. The molecule has 1 N–H and O–H groups in total. The summed E-state index contributed by atoms with van der Waals surface area (Å²) in [6.07, 6.45) is 1.10. The van der Waals surface area contributed by atoms with Crippen molar-refractivity contribution < 1.29 is 4.74 Å². The standard InChI is InChI=1S/C12H19NO/c1-3-12(10-14-2)13-9-11-7-5-4-6-8-11/h4-8,12-13H,3,9-10H2,1-2H3. The van der Waals surface area contributed by atoms with Crippen LogP contribution < -0.4 is 5.32 Å². The highest BCUT2D eigenvalue weighted by Gasteiger charge is 2.03. The molecule has 14 heavy (non-hydrogen) atoms. The maximum atomic E-state index is 5.12. The largest absolute Gasteiger partial charge is 0.383 e. The maximum Gasteiger partial charge on any atom is 0.0615 e. The van der Waals surface area contributed by atoms with Crippen LogP contribution in [0, 0.1) is 0 Å². The Labute approximate surface area is 86.3 Å². The first-order chi connectivity index (χ1) is 6.86. The molecule has 0 bridgehead atoms. The van der Waals surface area contributed by atoms with Crippen LogP contribution in [0.15, 0.2) is 30.3 Å². The summed E-state index contributed by atoms with van der Waals surface area (Å²) < 4.78 is 5.12. The van der Waals surface area contributed by atoms with Gasteiger partial charge in [0.25, 0.3) is 0 Å². The molecule has 0 radical (unpaired) electrons. The van der Waals surface area contributed by atoms with Crippen LogP contribution in [0.5, 0.6) is 0 Å². The molecule has 0 amide bonds. The van der Waals surface area contributed by atoms with E-state index in [2.05, 4.69) is 36.5 Å². The minimum atomic E-state index is 0.459. The highest BCUT2D eigenvalue weighted by Crippen LogP contribution is 1.99. The highest BCUT2D eigenvalue weighted by atomic mass is 16.5. The molecule has 0 fully saturated rings. The summed E-state index contributed by atoms with van der Waals surface area (Å²) >= 11 is 0. The van der Waals surface area contributed by atoms with Gasteiger partial charge in [-0.3, -0.25) is 0 Å². The molecule has 0 saturated carbocycles. The second-order valence-electron chi connectivity index (χ2n) is 3.43. The Morgan fingerprint density at radius 1 is 1.29 bits per heavy atom. The van der Waals surface area contributed by atoms with E-state index in [0.717, 1.165) is 19.6 Å². The van der Waals surface area contributed by atoms with Crippen molar-refractivity contribution in [3.8, 4) is 0 Å². The van der Waals surface area contributed by atoms with Gasteiger partial charge in [-0.1, -0.05) is 37.3 Å². The number of ether oxygens (including phenoxy) is 1. The van der Waals surface area contributed by atoms with Crippen LogP contribution in [0.3, 0.4) is 0 Å². The minimum Gasteiger partial charge on any atom is -0.383 e. The zero-order valence-electron chi connectivity index (χ0n) is 8.99. The SMILES string of the molecule is CCC(COC)NCc1ccccc1. The van der Waals surface area contributed by atoms with Crippen LogP contribution in [0.1, 0.15) is 18.9 Å². The molecule has 0 aromatic heterocycles. The van der Waals surface area contributed by atoms with Crippen molar-refractivity contribution in [1.29, 1.82) is 0 Å². The van der Waals surface area contributed by atoms with Gasteiger partial charge in [-0.2, -0.15) is 0 Å². The predicted octanol–water partition coefficient (Wildman–Crippen LogP) is 2.20. The molecule has 1 aromatic rings. The van der Waals surface area contributed by atoms with E-state index < -0.39 is 0 Å². The zero-order valence-corrected chi connectivity index (χ0v) is 8.99. The Morgan fingerprint density at radius 3 is 2.57 bits per heavy atom.